The maximum Gasteiger partial charge on any atom is 0.307 e. The van der Waals surface area contributed by atoms with E-state index >= 15 is 0 Å². The van der Waals surface area contributed by atoms with Gasteiger partial charge in [-0.05, 0) is 13.2 Å². The first-order valence-corrected chi connectivity index (χ1v) is 4.25. The Hall–Kier alpha value is -0.180. The number of cyclic esters (lactones) is 1. The van der Waals surface area contributed by atoms with Gasteiger partial charge in [0, 0.05) is 0 Å². The van der Waals surface area contributed by atoms with Crippen LogP contribution < -0.4 is 0 Å². The van der Waals surface area contributed by atoms with Crippen molar-refractivity contribution in [2.45, 2.75) is 24.7 Å². The van der Waals surface area contributed by atoms with Gasteiger partial charge in [0.15, 0.2) is 0 Å². The Morgan fingerprint density at radius 2 is 2.44 bits per heavy atom. The molecule has 0 aliphatic carbocycles. The zero-order chi connectivity index (χ0) is 6.85. The van der Waals surface area contributed by atoms with Crippen molar-refractivity contribution in [2.24, 2.45) is 0 Å². The monoisotopic (exact) mass is 146 g/mol. The molecule has 3 heteroatoms. The molecule has 2 atom stereocenters. The lowest BCUT2D eigenvalue weighted by Crippen LogP contribution is -2.12. The molecule has 1 aliphatic heterocycles. The first-order chi connectivity index (χ1) is 4.24. The van der Waals surface area contributed by atoms with E-state index in [2.05, 4.69) is 0 Å². The minimum Gasteiger partial charge on any atom is -0.461 e. The molecule has 0 aromatic rings. The minimum absolute atomic E-state index is 0.0538. The molecule has 0 bridgehead atoms. The molecule has 1 saturated heterocycles. The number of ether oxygens (including phenoxy) is 1. The Bertz CT molecular complexity index is 124. The van der Waals surface area contributed by atoms with Crippen LogP contribution in [0.2, 0.25) is 0 Å². The van der Waals surface area contributed by atoms with Crippen molar-refractivity contribution in [2.75, 3.05) is 6.26 Å². The maximum atomic E-state index is 10.6. The van der Waals surface area contributed by atoms with Crippen LogP contribution in [0.3, 0.4) is 0 Å². The van der Waals surface area contributed by atoms with Crippen LogP contribution in [0.1, 0.15) is 13.3 Å². The molecule has 0 saturated carbocycles. The van der Waals surface area contributed by atoms with E-state index in [-0.39, 0.29) is 12.1 Å². The highest BCUT2D eigenvalue weighted by molar-refractivity contribution is 7.99. The Kier molecular flexibility index (Phi) is 2.01. The predicted octanol–water partition coefficient (Wildman–Crippen LogP) is 1.05. The molecule has 0 amide bonds. The second kappa shape index (κ2) is 2.60. The highest BCUT2D eigenvalue weighted by Crippen LogP contribution is 2.24. The fourth-order valence-electron chi connectivity index (χ4n) is 0.937. The normalized spacial score (nSPS) is 34.7. The first-order valence-electron chi connectivity index (χ1n) is 2.96. The van der Waals surface area contributed by atoms with Gasteiger partial charge in [-0.25, -0.2) is 0 Å². The predicted molar refractivity (Wildman–Crippen MR) is 37.5 cm³/mol. The molecule has 0 radical (unpaired) electrons. The number of carbonyl (C=O) groups excluding carboxylic acids is 1. The fraction of sp³-hybridized carbons (Fsp3) is 0.833. The third-order valence-corrected chi connectivity index (χ3v) is 2.67. The summed E-state index contributed by atoms with van der Waals surface area (Å²) in [5.74, 6) is -0.0538. The summed E-state index contributed by atoms with van der Waals surface area (Å²) in [7, 11) is 0. The van der Waals surface area contributed by atoms with Gasteiger partial charge in [-0.2, -0.15) is 11.8 Å². The van der Waals surface area contributed by atoms with Crippen LogP contribution in [0.4, 0.5) is 0 Å². The lowest BCUT2D eigenvalue weighted by atomic mass is 10.2. The molecule has 2 unspecified atom stereocenters. The largest absolute Gasteiger partial charge is 0.461 e. The van der Waals surface area contributed by atoms with Crippen molar-refractivity contribution in [3.8, 4) is 0 Å². The molecule has 2 nitrogen and oxygen atoms in total. The van der Waals surface area contributed by atoms with E-state index in [1.165, 1.54) is 0 Å². The van der Waals surface area contributed by atoms with Crippen molar-refractivity contribution in [3.63, 3.8) is 0 Å². The molecule has 52 valence electrons. The van der Waals surface area contributed by atoms with E-state index in [9.17, 15) is 4.79 Å². The number of carbonyl (C=O) groups is 1. The topological polar surface area (TPSA) is 26.3 Å². The SMILES string of the molecule is CSC1CC(=O)OC1C. The average molecular weight is 146 g/mol. The second-order valence-corrected chi connectivity index (χ2v) is 3.25. The van der Waals surface area contributed by atoms with Crippen molar-refractivity contribution >= 4 is 17.7 Å². The van der Waals surface area contributed by atoms with E-state index in [1.807, 2.05) is 13.2 Å². The molecular formula is C6H10O2S. The van der Waals surface area contributed by atoms with Crippen LogP contribution >= 0.6 is 11.8 Å². The molecule has 0 aromatic carbocycles. The van der Waals surface area contributed by atoms with E-state index in [1.54, 1.807) is 11.8 Å². The van der Waals surface area contributed by atoms with Gasteiger partial charge in [-0.15, -0.1) is 0 Å². The molecule has 1 heterocycles. The van der Waals surface area contributed by atoms with Crippen molar-refractivity contribution in [1.82, 2.24) is 0 Å². The van der Waals surface area contributed by atoms with E-state index in [0.29, 0.717) is 11.7 Å². The third kappa shape index (κ3) is 1.39. The summed E-state index contributed by atoms with van der Waals surface area (Å²) in [4.78, 5) is 10.6. The van der Waals surface area contributed by atoms with Crippen LogP contribution in [0.5, 0.6) is 0 Å². The van der Waals surface area contributed by atoms with Crippen molar-refractivity contribution in [1.29, 1.82) is 0 Å². The van der Waals surface area contributed by atoms with Crippen LogP contribution in [0.15, 0.2) is 0 Å². The van der Waals surface area contributed by atoms with Gasteiger partial charge in [0.25, 0.3) is 0 Å². The summed E-state index contributed by atoms with van der Waals surface area (Å²) < 4.78 is 4.90. The summed E-state index contributed by atoms with van der Waals surface area (Å²) in [5, 5.41) is 0.387. The number of esters is 1. The molecule has 0 N–H and O–H groups in total. The quantitative estimate of drug-likeness (QED) is 0.517. The molecule has 1 rings (SSSR count). The van der Waals surface area contributed by atoms with Gasteiger partial charge >= 0.3 is 5.97 Å². The zero-order valence-corrected chi connectivity index (χ0v) is 6.40. The highest BCUT2D eigenvalue weighted by atomic mass is 32.2. The van der Waals surface area contributed by atoms with Gasteiger partial charge in [-0.3, -0.25) is 4.79 Å². The van der Waals surface area contributed by atoms with Gasteiger partial charge in [-0.1, -0.05) is 0 Å². The maximum absolute atomic E-state index is 10.6. The number of thioether (sulfide) groups is 1. The molecule has 9 heavy (non-hydrogen) atoms. The third-order valence-electron chi connectivity index (χ3n) is 1.51. The summed E-state index contributed by atoms with van der Waals surface area (Å²) in [6, 6.07) is 0. The summed E-state index contributed by atoms with van der Waals surface area (Å²) in [5.41, 5.74) is 0. The molecule has 1 fully saturated rings. The first kappa shape index (κ1) is 6.93. The van der Waals surface area contributed by atoms with Gasteiger partial charge < -0.3 is 4.74 Å². The van der Waals surface area contributed by atoms with Crippen molar-refractivity contribution < 1.29 is 9.53 Å². The standard InChI is InChI=1S/C6H10O2S/c1-4-5(9-2)3-6(7)8-4/h4-5H,3H2,1-2H3. The van der Waals surface area contributed by atoms with Crippen molar-refractivity contribution in [3.05, 3.63) is 0 Å². The lowest BCUT2D eigenvalue weighted by molar-refractivity contribution is -0.140. The van der Waals surface area contributed by atoms with Gasteiger partial charge in [0.2, 0.25) is 0 Å². The number of hydrogen-bond donors (Lipinski definition) is 0. The van der Waals surface area contributed by atoms with E-state index in [4.69, 9.17) is 4.74 Å². The molecule has 1 aliphatic rings. The van der Waals surface area contributed by atoms with Gasteiger partial charge in [0.05, 0.1) is 11.7 Å². The lowest BCUT2D eigenvalue weighted by Gasteiger charge is -2.07. The Labute approximate surface area is 59.0 Å². The fourth-order valence-corrected chi connectivity index (χ4v) is 1.68. The number of rotatable bonds is 1. The van der Waals surface area contributed by atoms with Crippen LogP contribution in [0.25, 0.3) is 0 Å². The Morgan fingerprint density at radius 3 is 2.67 bits per heavy atom. The highest BCUT2D eigenvalue weighted by Gasteiger charge is 2.30. The second-order valence-electron chi connectivity index (χ2n) is 2.17. The molecular weight excluding hydrogens is 136 g/mol. The number of hydrogen-bond acceptors (Lipinski definition) is 3. The summed E-state index contributed by atoms with van der Waals surface area (Å²) >= 11 is 1.70. The van der Waals surface area contributed by atoms with Crippen LogP contribution in [-0.4, -0.2) is 23.6 Å². The summed E-state index contributed by atoms with van der Waals surface area (Å²) in [6.45, 7) is 1.94. The minimum atomic E-state index is -0.0538. The Morgan fingerprint density at radius 1 is 1.78 bits per heavy atom. The average Bonchev–Trinajstić information content (AvgIpc) is 2.10. The molecule has 0 aromatic heterocycles. The van der Waals surface area contributed by atoms with E-state index < -0.39 is 0 Å². The Balaban J connectivity index is 2.47. The summed E-state index contributed by atoms with van der Waals surface area (Å²) in [6.07, 6.45) is 2.71. The van der Waals surface area contributed by atoms with Crippen LogP contribution in [-0.2, 0) is 9.53 Å². The van der Waals surface area contributed by atoms with Gasteiger partial charge in [0.1, 0.15) is 6.10 Å². The smallest absolute Gasteiger partial charge is 0.307 e. The molecule has 0 spiro atoms. The van der Waals surface area contributed by atoms with Crippen LogP contribution in [0, 0.1) is 0 Å². The van der Waals surface area contributed by atoms with E-state index in [0.717, 1.165) is 0 Å². The zero-order valence-electron chi connectivity index (χ0n) is 5.59.